The number of rotatable bonds is 3. The van der Waals surface area contributed by atoms with Crippen molar-refractivity contribution in [3.8, 4) is 5.75 Å². The Bertz CT molecular complexity index is 1490. The molecule has 0 saturated carbocycles. The van der Waals surface area contributed by atoms with Gasteiger partial charge in [-0.15, -0.1) is 0 Å². The minimum Gasteiger partial charge on any atom is -0.487 e. The second-order valence-corrected chi connectivity index (χ2v) is 11.4. The lowest BCUT2D eigenvalue weighted by molar-refractivity contribution is -0.162. The van der Waals surface area contributed by atoms with E-state index in [4.69, 9.17) is 27.9 Å². The summed E-state index contributed by atoms with van der Waals surface area (Å²) in [5.74, 6) is -5.88. The summed E-state index contributed by atoms with van der Waals surface area (Å²) in [7, 11) is -3.87. The summed E-state index contributed by atoms with van der Waals surface area (Å²) >= 11 is 12.0. The van der Waals surface area contributed by atoms with Crippen LogP contribution in [0.15, 0.2) is 23.1 Å². The zero-order chi connectivity index (χ0) is 29.1. The maximum absolute atomic E-state index is 13.8. The Morgan fingerprint density at radius 2 is 1.85 bits per heavy atom. The van der Waals surface area contributed by atoms with Gasteiger partial charge < -0.3 is 25.3 Å². The maximum atomic E-state index is 13.8. The molecule has 1 saturated heterocycles. The van der Waals surface area contributed by atoms with E-state index in [1.54, 1.807) is 0 Å². The van der Waals surface area contributed by atoms with Crippen molar-refractivity contribution in [2.75, 3.05) is 25.0 Å². The van der Waals surface area contributed by atoms with E-state index in [1.165, 1.54) is 18.4 Å². The van der Waals surface area contributed by atoms with Crippen LogP contribution in [0.4, 0.5) is 23.2 Å². The molecule has 1 aromatic carbocycles. The van der Waals surface area contributed by atoms with Crippen LogP contribution in [0.25, 0.3) is 0 Å². The van der Waals surface area contributed by atoms with Gasteiger partial charge in [0.2, 0.25) is 0 Å². The van der Waals surface area contributed by atoms with E-state index in [0.29, 0.717) is 6.92 Å². The Hall–Kier alpha value is -3.08. The van der Waals surface area contributed by atoms with E-state index in [-0.39, 0.29) is 28.1 Å². The summed E-state index contributed by atoms with van der Waals surface area (Å²) in [6.45, 7) is -0.395. The molecule has 0 bridgehead atoms. The lowest BCUT2D eigenvalue weighted by atomic mass is 9.93. The average Bonchev–Trinajstić information content (AvgIpc) is 3.00. The number of carbonyl (C=O) groups excluding carboxylic acids is 3. The van der Waals surface area contributed by atoms with E-state index in [2.05, 4.69) is 10.6 Å². The number of halogens is 6. The molecular weight excluding hydrogens is 597 g/mol. The monoisotopic (exact) mass is 615 g/mol. The first-order chi connectivity index (χ1) is 18.0. The quantitative estimate of drug-likeness (QED) is 0.355. The van der Waals surface area contributed by atoms with Gasteiger partial charge in [-0.1, -0.05) is 23.2 Å². The Morgan fingerprint density at radius 3 is 2.38 bits per heavy atom. The third-order valence-corrected chi connectivity index (χ3v) is 8.94. The molecule has 1 atom stereocenters. The van der Waals surface area contributed by atoms with E-state index in [9.17, 15) is 40.4 Å². The molecule has 1 spiro atoms. The predicted octanol–water partition coefficient (Wildman–Crippen LogP) is 2.04. The molecule has 39 heavy (non-hydrogen) atoms. The van der Waals surface area contributed by atoms with Gasteiger partial charge in [-0.25, -0.2) is 17.1 Å². The van der Waals surface area contributed by atoms with Crippen LogP contribution >= 0.6 is 23.2 Å². The highest BCUT2D eigenvalue weighted by molar-refractivity contribution is 7.90. The number of hydrogen-bond acceptors (Lipinski definition) is 7. The van der Waals surface area contributed by atoms with Gasteiger partial charge >= 0.3 is 18.0 Å². The fourth-order valence-electron chi connectivity index (χ4n) is 4.01. The van der Waals surface area contributed by atoms with Gasteiger partial charge in [-0.2, -0.15) is 13.2 Å². The highest BCUT2D eigenvalue weighted by Gasteiger charge is 2.58. The van der Waals surface area contributed by atoms with E-state index in [0.717, 1.165) is 16.7 Å². The van der Waals surface area contributed by atoms with Gasteiger partial charge in [0.1, 0.15) is 29.2 Å². The topological polar surface area (TPSA) is 139 Å². The Morgan fingerprint density at radius 1 is 1.21 bits per heavy atom. The third-order valence-electron chi connectivity index (χ3n) is 6.17. The van der Waals surface area contributed by atoms with Crippen LogP contribution in [-0.2, 0) is 26.7 Å². The summed E-state index contributed by atoms with van der Waals surface area (Å²) in [4.78, 5) is 37.9. The number of nitrogens with one attached hydrogen (secondary N) is 3. The van der Waals surface area contributed by atoms with Crippen molar-refractivity contribution in [1.29, 1.82) is 0 Å². The van der Waals surface area contributed by atoms with Gasteiger partial charge in [0.05, 0.1) is 5.02 Å². The Balaban J connectivity index is 1.77. The Kier molecular flexibility index (Phi) is 7.29. The van der Waals surface area contributed by atoms with Crippen molar-refractivity contribution in [2.45, 2.75) is 29.6 Å². The van der Waals surface area contributed by atoms with Crippen molar-refractivity contribution in [2.24, 2.45) is 7.05 Å². The van der Waals surface area contributed by atoms with Crippen molar-refractivity contribution in [1.82, 2.24) is 19.5 Å². The summed E-state index contributed by atoms with van der Waals surface area (Å²) in [6, 6.07) is 0.821. The number of ether oxygens (including phenoxy) is 1. The first-order valence-electron chi connectivity index (χ1n) is 11.0. The smallest absolute Gasteiger partial charge is 0.408 e. The number of sulfonamides is 1. The van der Waals surface area contributed by atoms with Crippen molar-refractivity contribution in [3.63, 3.8) is 0 Å². The van der Waals surface area contributed by atoms with Gasteiger partial charge in [0.15, 0.2) is 16.3 Å². The molecule has 2 aliphatic rings. The van der Waals surface area contributed by atoms with Crippen molar-refractivity contribution in [3.05, 3.63) is 39.9 Å². The largest absolute Gasteiger partial charge is 0.487 e. The zero-order valence-corrected chi connectivity index (χ0v) is 22.3. The van der Waals surface area contributed by atoms with Crippen LogP contribution < -0.4 is 20.7 Å². The maximum Gasteiger partial charge on any atom is 0.408 e. The molecule has 18 heteroatoms. The average molecular weight is 616 g/mol. The summed E-state index contributed by atoms with van der Waals surface area (Å²) in [5, 5.41) is 5.71. The van der Waals surface area contributed by atoms with Gasteiger partial charge in [-0.3, -0.25) is 14.4 Å². The number of anilines is 1. The molecular formula is C21H19Cl2F4N5O6S. The summed E-state index contributed by atoms with van der Waals surface area (Å²) in [5.41, 5.74) is -2.08. The van der Waals surface area contributed by atoms with E-state index >= 15 is 0 Å². The van der Waals surface area contributed by atoms with Crippen LogP contribution in [0.3, 0.4) is 0 Å². The number of carbonyl (C=O) groups is 3. The minimum atomic E-state index is -5.08. The minimum absolute atomic E-state index is 0.0425. The predicted molar refractivity (Wildman–Crippen MR) is 129 cm³/mol. The molecule has 2 aromatic rings. The number of aromatic nitrogens is 1. The van der Waals surface area contributed by atoms with Crippen LogP contribution in [-0.4, -0.2) is 72.5 Å². The fraction of sp³-hybridized carbons (Fsp3) is 0.381. The van der Waals surface area contributed by atoms with Crippen LogP contribution in [0.1, 0.15) is 17.4 Å². The molecule has 1 fully saturated rings. The van der Waals surface area contributed by atoms with Gasteiger partial charge in [0.25, 0.3) is 15.9 Å². The lowest BCUT2D eigenvalue weighted by Gasteiger charge is -2.47. The second-order valence-electron chi connectivity index (χ2n) is 8.87. The number of nitrogens with zero attached hydrogens (tertiary/aromatic N) is 2. The highest BCUT2D eigenvalue weighted by atomic mass is 35.5. The Labute approximate surface area is 228 Å². The number of hydrogen-bond donors (Lipinski definition) is 3. The first-order valence-corrected chi connectivity index (χ1v) is 13.2. The molecule has 3 N–H and O–H groups in total. The molecule has 0 unspecified atom stereocenters. The van der Waals surface area contributed by atoms with Crippen molar-refractivity contribution >= 4 is 56.6 Å². The molecule has 1 aromatic heterocycles. The number of amides is 3. The number of alkyl halides is 3. The van der Waals surface area contributed by atoms with Crippen LogP contribution in [0.5, 0.6) is 5.75 Å². The molecule has 0 aliphatic carbocycles. The highest BCUT2D eigenvalue weighted by Crippen LogP contribution is 2.44. The molecule has 11 nitrogen and oxygen atoms in total. The molecule has 212 valence electrons. The lowest BCUT2D eigenvalue weighted by Crippen LogP contribution is -2.74. The second kappa shape index (κ2) is 9.83. The van der Waals surface area contributed by atoms with E-state index < -0.39 is 79.4 Å². The normalized spacial score (nSPS) is 18.3. The van der Waals surface area contributed by atoms with Crippen LogP contribution in [0, 0.1) is 5.82 Å². The van der Waals surface area contributed by atoms with Crippen LogP contribution in [0.2, 0.25) is 10.2 Å². The summed E-state index contributed by atoms with van der Waals surface area (Å²) < 4.78 is 86.8. The zero-order valence-electron chi connectivity index (χ0n) is 20.0. The SMILES string of the molecule is C[C@@H](NC(=O)C(=O)N1C2(CNC2)COc2c(c(Cl)n(C)c2C(=O)Nc2ccc(F)c(Cl)c2)S1(=O)=O)C(F)(F)F. The third kappa shape index (κ3) is 4.90. The van der Waals surface area contributed by atoms with Gasteiger partial charge in [0, 0.05) is 25.8 Å². The molecule has 3 amide bonds. The standard InChI is InChI=1S/C21H19Cl2F4N5O6S/c1-9(21(25,26)27)29-18(34)19(35)32-20(6-28-7-20)8-38-14-13(31(2)16(23)15(14)39(32,36)37)17(33)30-10-3-4-12(24)11(22)5-10/h3-5,9,28H,6-8H2,1-2H3,(H,29,34)(H,30,33)/t9-/m1/s1. The number of fused-ring (bicyclic) bond motifs is 1. The molecule has 0 radical (unpaired) electrons. The molecule has 2 aliphatic heterocycles. The van der Waals surface area contributed by atoms with Crippen molar-refractivity contribution < 1.29 is 45.1 Å². The van der Waals surface area contributed by atoms with E-state index in [1.807, 2.05) is 0 Å². The fourth-order valence-corrected chi connectivity index (χ4v) is 6.57. The molecule has 3 heterocycles. The molecule has 4 rings (SSSR count). The van der Waals surface area contributed by atoms with Gasteiger partial charge in [-0.05, 0) is 25.1 Å². The first kappa shape index (κ1) is 28.9. The summed E-state index contributed by atoms with van der Waals surface area (Å²) in [6.07, 6.45) is -4.90. The number of benzene rings is 1.